The molecule has 1 aromatic heterocycles. The maximum absolute atomic E-state index is 3.42. The van der Waals surface area contributed by atoms with Gasteiger partial charge >= 0.3 is 0 Å². The van der Waals surface area contributed by atoms with Gasteiger partial charge in [-0.3, -0.25) is 0 Å². The van der Waals surface area contributed by atoms with Gasteiger partial charge in [0.25, 0.3) is 0 Å². The molecule has 0 atom stereocenters. The standard InChI is InChI=1S/C14H19NS/c1-5-15-12-9-16-13-7-6-10(8-11(12)13)14(2,3)4/h6-9,15H,5H2,1-4H3. The van der Waals surface area contributed by atoms with E-state index in [1.165, 1.54) is 21.3 Å². The van der Waals surface area contributed by atoms with Crippen LogP contribution >= 0.6 is 11.3 Å². The van der Waals surface area contributed by atoms with Crippen LogP contribution in [0, 0.1) is 0 Å². The number of fused-ring (bicyclic) bond motifs is 1. The molecular weight excluding hydrogens is 214 g/mol. The fraction of sp³-hybridized carbons (Fsp3) is 0.429. The average Bonchev–Trinajstić information content (AvgIpc) is 2.60. The van der Waals surface area contributed by atoms with Crippen molar-refractivity contribution in [3.05, 3.63) is 29.1 Å². The van der Waals surface area contributed by atoms with Crippen LogP contribution in [0.15, 0.2) is 23.6 Å². The third-order valence-corrected chi connectivity index (χ3v) is 3.77. The zero-order valence-electron chi connectivity index (χ0n) is 10.4. The molecule has 86 valence electrons. The highest BCUT2D eigenvalue weighted by molar-refractivity contribution is 7.17. The molecule has 0 fully saturated rings. The molecular formula is C14H19NS. The lowest BCUT2D eigenvalue weighted by Gasteiger charge is -2.19. The molecule has 2 rings (SSSR count). The molecule has 2 aromatic rings. The number of benzene rings is 1. The Kier molecular flexibility index (Phi) is 2.94. The molecule has 2 heteroatoms. The van der Waals surface area contributed by atoms with E-state index in [9.17, 15) is 0 Å². The lowest BCUT2D eigenvalue weighted by Crippen LogP contribution is -2.10. The summed E-state index contributed by atoms with van der Waals surface area (Å²) in [5.74, 6) is 0. The second kappa shape index (κ2) is 4.10. The predicted molar refractivity (Wildman–Crippen MR) is 74.7 cm³/mol. The SMILES string of the molecule is CCNc1csc2ccc(C(C)(C)C)cc12. The Morgan fingerprint density at radius 3 is 2.62 bits per heavy atom. The van der Waals surface area contributed by atoms with Crippen LogP contribution < -0.4 is 5.32 Å². The van der Waals surface area contributed by atoms with Gasteiger partial charge in [0.05, 0.1) is 5.69 Å². The van der Waals surface area contributed by atoms with Gasteiger partial charge in [-0.15, -0.1) is 11.3 Å². The van der Waals surface area contributed by atoms with Gasteiger partial charge in [-0.2, -0.15) is 0 Å². The molecule has 16 heavy (non-hydrogen) atoms. The maximum atomic E-state index is 3.42. The topological polar surface area (TPSA) is 12.0 Å². The third kappa shape index (κ3) is 2.07. The van der Waals surface area contributed by atoms with Crippen molar-refractivity contribution in [2.45, 2.75) is 33.1 Å². The molecule has 0 aliphatic rings. The van der Waals surface area contributed by atoms with Gasteiger partial charge in [-0.1, -0.05) is 26.8 Å². The Balaban J connectivity index is 2.54. The number of hydrogen-bond donors (Lipinski definition) is 1. The van der Waals surface area contributed by atoms with E-state index in [-0.39, 0.29) is 5.41 Å². The molecule has 0 radical (unpaired) electrons. The van der Waals surface area contributed by atoms with Gasteiger partial charge in [0.1, 0.15) is 0 Å². The van der Waals surface area contributed by atoms with E-state index in [2.05, 4.69) is 56.6 Å². The Morgan fingerprint density at radius 1 is 1.25 bits per heavy atom. The van der Waals surface area contributed by atoms with E-state index in [0.717, 1.165) is 6.54 Å². The zero-order valence-corrected chi connectivity index (χ0v) is 11.2. The molecule has 0 aliphatic heterocycles. The van der Waals surface area contributed by atoms with Gasteiger partial charge in [0, 0.05) is 22.0 Å². The normalized spacial score (nSPS) is 12.0. The van der Waals surface area contributed by atoms with E-state index >= 15 is 0 Å². The summed E-state index contributed by atoms with van der Waals surface area (Å²) in [6.07, 6.45) is 0. The quantitative estimate of drug-likeness (QED) is 0.797. The zero-order chi connectivity index (χ0) is 11.8. The monoisotopic (exact) mass is 233 g/mol. The second-order valence-corrected chi connectivity index (χ2v) is 6.05. The molecule has 0 saturated carbocycles. The van der Waals surface area contributed by atoms with Gasteiger partial charge in [0.2, 0.25) is 0 Å². The van der Waals surface area contributed by atoms with Crippen molar-refractivity contribution >= 4 is 27.1 Å². The molecule has 1 nitrogen and oxygen atoms in total. The minimum atomic E-state index is 0.222. The van der Waals surface area contributed by atoms with Crippen molar-refractivity contribution < 1.29 is 0 Å². The van der Waals surface area contributed by atoms with Crippen LogP contribution in [0.5, 0.6) is 0 Å². The summed E-state index contributed by atoms with van der Waals surface area (Å²) in [5, 5.41) is 6.99. The molecule has 0 bridgehead atoms. The van der Waals surface area contributed by atoms with E-state index in [1.807, 2.05) is 11.3 Å². The highest BCUT2D eigenvalue weighted by Crippen LogP contribution is 2.34. The molecule has 0 aliphatic carbocycles. The fourth-order valence-corrected chi connectivity index (χ4v) is 2.72. The summed E-state index contributed by atoms with van der Waals surface area (Å²) in [7, 11) is 0. The Morgan fingerprint density at radius 2 is 2.00 bits per heavy atom. The Bertz CT molecular complexity index is 491. The summed E-state index contributed by atoms with van der Waals surface area (Å²) in [6.45, 7) is 9.89. The summed E-state index contributed by atoms with van der Waals surface area (Å²) in [5.41, 5.74) is 2.89. The minimum Gasteiger partial charge on any atom is -0.384 e. The third-order valence-electron chi connectivity index (χ3n) is 2.81. The molecule has 0 amide bonds. The first-order valence-corrected chi connectivity index (χ1v) is 6.66. The van der Waals surface area contributed by atoms with Crippen molar-refractivity contribution in [1.29, 1.82) is 0 Å². The molecule has 0 saturated heterocycles. The van der Waals surface area contributed by atoms with Gasteiger partial charge < -0.3 is 5.32 Å². The van der Waals surface area contributed by atoms with E-state index in [4.69, 9.17) is 0 Å². The van der Waals surface area contributed by atoms with Crippen LogP contribution in [0.4, 0.5) is 5.69 Å². The highest BCUT2D eigenvalue weighted by Gasteiger charge is 2.15. The van der Waals surface area contributed by atoms with Crippen molar-refractivity contribution in [1.82, 2.24) is 0 Å². The molecule has 0 spiro atoms. The minimum absolute atomic E-state index is 0.222. The van der Waals surface area contributed by atoms with Gasteiger partial charge in [0.15, 0.2) is 0 Å². The summed E-state index contributed by atoms with van der Waals surface area (Å²) in [6, 6.07) is 6.81. The van der Waals surface area contributed by atoms with Crippen molar-refractivity contribution in [2.24, 2.45) is 0 Å². The number of anilines is 1. The lowest BCUT2D eigenvalue weighted by molar-refractivity contribution is 0.591. The van der Waals surface area contributed by atoms with Gasteiger partial charge in [-0.25, -0.2) is 0 Å². The predicted octanol–water partition coefficient (Wildman–Crippen LogP) is 4.63. The first-order chi connectivity index (χ1) is 7.52. The van der Waals surface area contributed by atoms with E-state index in [0.29, 0.717) is 0 Å². The molecule has 1 N–H and O–H groups in total. The first-order valence-electron chi connectivity index (χ1n) is 5.78. The van der Waals surface area contributed by atoms with Crippen LogP contribution in [0.25, 0.3) is 10.1 Å². The fourth-order valence-electron chi connectivity index (χ4n) is 1.82. The van der Waals surface area contributed by atoms with Gasteiger partial charge in [-0.05, 0) is 30.0 Å². The molecule has 1 aromatic carbocycles. The first kappa shape index (κ1) is 11.5. The number of hydrogen-bond acceptors (Lipinski definition) is 2. The van der Waals surface area contributed by atoms with Crippen molar-refractivity contribution in [3.63, 3.8) is 0 Å². The Hall–Kier alpha value is -1.02. The highest BCUT2D eigenvalue weighted by atomic mass is 32.1. The summed E-state index contributed by atoms with van der Waals surface area (Å²) >= 11 is 1.81. The van der Waals surface area contributed by atoms with Crippen molar-refractivity contribution in [3.8, 4) is 0 Å². The molecule has 1 heterocycles. The maximum Gasteiger partial charge on any atom is 0.0528 e. The van der Waals surface area contributed by atoms with Crippen LogP contribution in [0.1, 0.15) is 33.3 Å². The van der Waals surface area contributed by atoms with Crippen LogP contribution in [-0.2, 0) is 5.41 Å². The second-order valence-electron chi connectivity index (χ2n) is 5.14. The smallest absolute Gasteiger partial charge is 0.0528 e. The molecule has 0 unspecified atom stereocenters. The van der Waals surface area contributed by atoms with Crippen LogP contribution in [-0.4, -0.2) is 6.54 Å². The van der Waals surface area contributed by atoms with Crippen LogP contribution in [0.2, 0.25) is 0 Å². The Labute approximate surface area is 101 Å². The van der Waals surface area contributed by atoms with Crippen molar-refractivity contribution in [2.75, 3.05) is 11.9 Å². The van der Waals surface area contributed by atoms with E-state index < -0.39 is 0 Å². The number of rotatable bonds is 2. The summed E-state index contributed by atoms with van der Waals surface area (Å²) in [4.78, 5) is 0. The van der Waals surface area contributed by atoms with E-state index in [1.54, 1.807) is 0 Å². The summed E-state index contributed by atoms with van der Waals surface area (Å²) < 4.78 is 1.36. The average molecular weight is 233 g/mol. The van der Waals surface area contributed by atoms with Crippen LogP contribution in [0.3, 0.4) is 0 Å². The number of thiophene rings is 1. The lowest BCUT2D eigenvalue weighted by atomic mass is 9.86. The largest absolute Gasteiger partial charge is 0.384 e. The number of nitrogens with one attached hydrogen (secondary N) is 1.